The van der Waals surface area contributed by atoms with Crippen molar-refractivity contribution in [3.05, 3.63) is 50.7 Å². The van der Waals surface area contributed by atoms with Crippen molar-refractivity contribution in [3.63, 3.8) is 0 Å². The standard InChI is InChI=1S/C19H25N5O4/c1-11(2)20-18-21-16-15(17(26)22-19(27)23(16)4)24(18)9-13(25)10-28-14-7-5-12(3)6-8-14/h5-8,11,13,25H,9-10H2,1-4H3,(H,20,21)(H,22,26,27)/t13-/m0/s1. The maximum atomic E-state index is 12.4. The molecule has 0 saturated heterocycles. The van der Waals surface area contributed by atoms with Crippen LogP contribution >= 0.6 is 0 Å². The molecular formula is C19H25N5O4. The summed E-state index contributed by atoms with van der Waals surface area (Å²) < 4.78 is 8.48. The van der Waals surface area contributed by atoms with Crippen molar-refractivity contribution in [2.45, 2.75) is 39.5 Å². The largest absolute Gasteiger partial charge is 0.491 e. The van der Waals surface area contributed by atoms with E-state index < -0.39 is 17.4 Å². The summed E-state index contributed by atoms with van der Waals surface area (Å²) in [6.45, 7) is 5.98. The fourth-order valence-electron chi connectivity index (χ4n) is 2.87. The summed E-state index contributed by atoms with van der Waals surface area (Å²) in [5, 5.41) is 13.6. The summed E-state index contributed by atoms with van der Waals surface area (Å²) in [6, 6.07) is 7.57. The highest BCUT2D eigenvalue weighted by Gasteiger charge is 2.20. The van der Waals surface area contributed by atoms with E-state index in [-0.39, 0.29) is 30.4 Å². The number of H-pyrrole nitrogens is 1. The van der Waals surface area contributed by atoms with Crippen LogP contribution in [0.3, 0.4) is 0 Å². The molecule has 2 aromatic heterocycles. The van der Waals surface area contributed by atoms with Gasteiger partial charge in [0.15, 0.2) is 11.2 Å². The molecule has 1 aromatic carbocycles. The molecule has 0 aliphatic carbocycles. The first kappa shape index (κ1) is 19.7. The van der Waals surface area contributed by atoms with Crippen LogP contribution in [-0.2, 0) is 13.6 Å². The normalized spacial score (nSPS) is 12.5. The Balaban J connectivity index is 1.89. The smallest absolute Gasteiger partial charge is 0.329 e. The van der Waals surface area contributed by atoms with E-state index in [0.717, 1.165) is 5.56 Å². The van der Waals surface area contributed by atoms with Gasteiger partial charge >= 0.3 is 5.69 Å². The van der Waals surface area contributed by atoms with Crippen LogP contribution in [0.2, 0.25) is 0 Å². The van der Waals surface area contributed by atoms with Gasteiger partial charge in [-0.2, -0.15) is 4.98 Å². The fourth-order valence-corrected chi connectivity index (χ4v) is 2.87. The number of anilines is 1. The van der Waals surface area contributed by atoms with Crippen LogP contribution in [0.4, 0.5) is 5.95 Å². The molecule has 3 aromatic rings. The number of fused-ring (bicyclic) bond motifs is 1. The first-order chi connectivity index (χ1) is 13.3. The van der Waals surface area contributed by atoms with E-state index >= 15 is 0 Å². The lowest BCUT2D eigenvalue weighted by atomic mass is 10.2. The number of aromatic nitrogens is 4. The Morgan fingerprint density at radius 2 is 1.93 bits per heavy atom. The molecule has 28 heavy (non-hydrogen) atoms. The van der Waals surface area contributed by atoms with Crippen LogP contribution < -0.4 is 21.3 Å². The fraction of sp³-hybridized carbons (Fsp3) is 0.421. The maximum absolute atomic E-state index is 12.4. The molecule has 9 heteroatoms. The Morgan fingerprint density at radius 1 is 1.25 bits per heavy atom. The average molecular weight is 387 g/mol. The van der Waals surface area contributed by atoms with E-state index in [1.807, 2.05) is 45.0 Å². The lowest BCUT2D eigenvalue weighted by molar-refractivity contribution is 0.0938. The molecule has 2 heterocycles. The summed E-state index contributed by atoms with van der Waals surface area (Å²) in [6.07, 6.45) is -0.886. The van der Waals surface area contributed by atoms with Crippen molar-refractivity contribution < 1.29 is 9.84 Å². The number of aryl methyl sites for hydroxylation is 2. The van der Waals surface area contributed by atoms with E-state index in [4.69, 9.17) is 4.74 Å². The number of hydrogen-bond donors (Lipinski definition) is 3. The Hall–Kier alpha value is -3.07. The summed E-state index contributed by atoms with van der Waals surface area (Å²) in [5.41, 5.74) is 0.505. The van der Waals surface area contributed by atoms with Crippen LogP contribution in [0, 0.1) is 6.92 Å². The van der Waals surface area contributed by atoms with Crippen molar-refractivity contribution in [2.75, 3.05) is 11.9 Å². The molecule has 0 unspecified atom stereocenters. The molecule has 0 aliphatic rings. The van der Waals surface area contributed by atoms with Gasteiger partial charge in [-0.3, -0.25) is 14.3 Å². The van der Waals surface area contributed by atoms with Crippen LogP contribution in [0.5, 0.6) is 5.75 Å². The predicted octanol–water partition coefficient (Wildman–Crippen LogP) is 0.992. The number of rotatable bonds is 7. The minimum atomic E-state index is -0.886. The first-order valence-corrected chi connectivity index (χ1v) is 9.10. The molecule has 0 bridgehead atoms. The zero-order valence-corrected chi connectivity index (χ0v) is 16.4. The molecule has 0 saturated carbocycles. The van der Waals surface area contributed by atoms with E-state index in [1.165, 1.54) is 11.6 Å². The second-order valence-electron chi connectivity index (χ2n) is 7.11. The quantitative estimate of drug-likeness (QED) is 0.557. The molecule has 0 amide bonds. The van der Waals surface area contributed by atoms with Crippen LogP contribution in [0.15, 0.2) is 33.9 Å². The lowest BCUT2D eigenvalue weighted by Crippen LogP contribution is -2.31. The van der Waals surface area contributed by atoms with Gasteiger partial charge in [0.05, 0.1) is 6.54 Å². The third kappa shape index (κ3) is 4.09. The van der Waals surface area contributed by atoms with Gasteiger partial charge in [0.1, 0.15) is 18.5 Å². The van der Waals surface area contributed by atoms with Gasteiger partial charge in [-0.1, -0.05) is 17.7 Å². The highest BCUT2D eigenvalue weighted by Crippen LogP contribution is 2.17. The van der Waals surface area contributed by atoms with Gasteiger partial charge in [-0.15, -0.1) is 0 Å². The molecular weight excluding hydrogens is 362 g/mol. The zero-order valence-electron chi connectivity index (χ0n) is 16.4. The molecule has 0 fully saturated rings. The second-order valence-corrected chi connectivity index (χ2v) is 7.11. The average Bonchev–Trinajstić information content (AvgIpc) is 2.97. The Labute approximate surface area is 161 Å². The number of aromatic amines is 1. The highest BCUT2D eigenvalue weighted by atomic mass is 16.5. The SMILES string of the molecule is Cc1ccc(OC[C@@H](O)Cn2c(NC(C)C)nc3c2c(=O)[nH]c(=O)n3C)cc1. The third-order valence-corrected chi connectivity index (χ3v) is 4.28. The number of imidazole rings is 1. The predicted molar refractivity (Wildman–Crippen MR) is 107 cm³/mol. The van der Waals surface area contributed by atoms with E-state index in [9.17, 15) is 14.7 Å². The van der Waals surface area contributed by atoms with Crippen molar-refractivity contribution in [3.8, 4) is 5.75 Å². The molecule has 0 spiro atoms. The maximum Gasteiger partial charge on any atom is 0.329 e. The lowest BCUT2D eigenvalue weighted by Gasteiger charge is -2.17. The third-order valence-electron chi connectivity index (χ3n) is 4.28. The van der Waals surface area contributed by atoms with Gasteiger partial charge in [0, 0.05) is 13.1 Å². The van der Waals surface area contributed by atoms with Gasteiger partial charge < -0.3 is 19.7 Å². The number of benzene rings is 1. The topological polar surface area (TPSA) is 114 Å². The number of ether oxygens (including phenoxy) is 1. The monoisotopic (exact) mass is 387 g/mol. The minimum Gasteiger partial charge on any atom is -0.491 e. The summed E-state index contributed by atoms with van der Waals surface area (Å²) in [4.78, 5) is 30.9. The summed E-state index contributed by atoms with van der Waals surface area (Å²) >= 11 is 0. The molecule has 150 valence electrons. The van der Waals surface area contributed by atoms with Crippen molar-refractivity contribution >= 4 is 17.1 Å². The first-order valence-electron chi connectivity index (χ1n) is 9.10. The number of aliphatic hydroxyl groups is 1. The minimum absolute atomic E-state index is 0.0487. The van der Waals surface area contributed by atoms with Crippen molar-refractivity contribution in [1.82, 2.24) is 19.1 Å². The van der Waals surface area contributed by atoms with Crippen LogP contribution in [-0.4, -0.2) is 43.0 Å². The van der Waals surface area contributed by atoms with Gasteiger partial charge in [-0.05, 0) is 32.9 Å². The summed E-state index contributed by atoms with van der Waals surface area (Å²) in [7, 11) is 1.54. The van der Waals surface area contributed by atoms with E-state index in [1.54, 1.807) is 4.57 Å². The number of nitrogens with zero attached hydrogens (tertiary/aromatic N) is 3. The molecule has 9 nitrogen and oxygen atoms in total. The van der Waals surface area contributed by atoms with Gasteiger partial charge in [0.25, 0.3) is 5.56 Å². The number of nitrogens with one attached hydrogen (secondary N) is 2. The highest BCUT2D eigenvalue weighted by molar-refractivity contribution is 5.74. The second kappa shape index (κ2) is 7.89. The van der Waals surface area contributed by atoms with Gasteiger partial charge in [-0.25, -0.2) is 4.79 Å². The van der Waals surface area contributed by atoms with E-state index in [0.29, 0.717) is 11.7 Å². The molecule has 3 N–H and O–H groups in total. The Bertz CT molecular complexity index is 1080. The molecule has 3 rings (SSSR count). The summed E-state index contributed by atoms with van der Waals surface area (Å²) in [5.74, 6) is 1.06. The Kier molecular flexibility index (Phi) is 5.55. The molecule has 0 radical (unpaired) electrons. The zero-order chi connectivity index (χ0) is 20.4. The van der Waals surface area contributed by atoms with Crippen molar-refractivity contribution in [1.29, 1.82) is 0 Å². The van der Waals surface area contributed by atoms with Crippen LogP contribution in [0.1, 0.15) is 19.4 Å². The Morgan fingerprint density at radius 3 is 2.57 bits per heavy atom. The van der Waals surface area contributed by atoms with Gasteiger partial charge in [0.2, 0.25) is 5.95 Å². The molecule has 1 atom stereocenters. The van der Waals surface area contributed by atoms with Crippen molar-refractivity contribution in [2.24, 2.45) is 7.05 Å². The number of hydrogen-bond acceptors (Lipinski definition) is 6. The molecule has 0 aliphatic heterocycles. The van der Waals surface area contributed by atoms with Crippen LogP contribution in [0.25, 0.3) is 11.2 Å². The van der Waals surface area contributed by atoms with E-state index in [2.05, 4.69) is 15.3 Å². The number of aliphatic hydroxyl groups excluding tert-OH is 1.